The molecule has 0 radical (unpaired) electrons. The van der Waals surface area contributed by atoms with Crippen molar-refractivity contribution in [3.63, 3.8) is 0 Å². The maximum absolute atomic E-state index is 13.1. The predicted molar refractivity (Wildman–Crippen MR) is 123 cm³/mol. The second-order valence-electron chi connectivity index (χ2n) is 7.01. The summed E-state index contributed by atoms with van der Waals surface area (Å²) in [7, 11) is 1.63. The van der Waals surface area contributed by atoms with Crippen LogP contribution >= 0.6 is 15.9 Å². The zero-order chi connectivity index (χ0) is 20.7. The van der Waals surface area contributed by atoms with Gasteiger partial charge in [-0.3, -0.25) is 4.79 Å². The largest absolute Gasteiger partial charge is 0.497 e. The van der Waals surface area contributed by atoms with Crippen molar-refractivity contribution in [1.82, 2.24) is 9.88 Å². The first-order chi connectivity index (χ1) is 14.6. The summed E-state index contributed by atoms with van der Waals surface area (Å²) in [4.78, 5) is 19.7. The Balaban J connectivity index is 1.49. The van der Waals surface area contributed by atoms with Gasteiger partial charge in [-0.25, -0.2) is 4.98 Å². The molecule has 2 aromatic carbocycles. The van der Waals surface area contributed by atoms with Gasteiger partial charge in [0.2, 0.25) is 5.78 Å². The monoisotopic (exact) mass is 456 g/mol. The normalized spacial score (nSPS) is 17.0. The summed E-state index contributed by atoms with van der Waals surface area (Å²) in [5, 5.41) is 1.09. The lowest BCUT2D eigenvalue weighted by Crippen LogP contribution is -2.13. The molecule has 3 aromatic rings. The van der Waals surface area contributed by atoms with E-state index < -0.39 is 0 Å². The van der Waals surface area contributed by atoms with E-state index in [-0.39, 0.29) is 5.78 Å². The molecular weight excluding hydrogens is 440 g/mol. The number of fused-ring (bicyclic) bond motifs is 2. The van der Waals surface area contributed by atoms with Gasteiger partial charge < -0.3 is 9.64 Å². The summed E-state index contributed by atoms with van der Waals surface area (Å²) in [6.07, 6.45) is 7.65. The fourth-order valence-corrected chi connectivity index (χ4v) is 4.06. The van der Waals surface area contributed by atoms with Crippen molar-refractivity contribution in [1.29, 1.82) is 0 Å². The van der Waals surface area contributed by atoms with Crippen LogP contribution in [0.4, 0.5) is 0 Å². The standard InChI is InChI=1S/C25H17BrN2O2/c1-30-19-9-6-16(7-10-19)20-15-28-13-12-18(14-23(28)25(20)29)24(26)22-11-8-17-4-2-3-5-21(17)27-22/h2-15H,1H3/b24-18+. The molecule has 2 aliphatic rings. The van der Waals surface area contributed by atoms with Gasteiger partial charge in [0.1, 0.15) is 5.75 Å². The van der Waals surface area contributed by atoms with Crippen LogP contribution in [0.2, 0.25) is 0 Å². The van der Waals surface area contributed by atoms with E-state index in [9.17, 15) is 4.79 Å². The van der Waals surface area contributed by atoms with E-state index in [0.29, 0.717) is 11.3 Å². The number of nitrogens with zero attached hydrogens (tertiary/aromatic N) is 2. The number of ketones is 1. The number of para-hydroxylation sites is 1. The first-order valence-corrected chi connectivity index (χ1v) is 10.3. The van der Waals surface area contributed by atoms with E-state index in [1.807, 2.05) is 84.0 Å². The molecule has 2 aliphatic heterocycles. The van der Waals surface area contributed by atoms with Gasteiger partial charge in [-0.2, -0.15) is 0 Å². The van der Waals surface area contributed by atoms with Crippen LogP contribution in [0.5, 0.6) is 5.75 Å². The van der Waals surface area contributed by atoms with E-state index in [1.165, 1.54) is 0 Å². The minimum absolute atomic E-state index is 0.00575. The Morgan fingerprint density at radius 1 is 1.03 bits per heavy atom. The molecule has 30 heavy (non-hydrogen) atoms. The number of pyridine rings is 1. The van der Waals surface area contributed by atoms with Crippen molar-refractivity contribution in [3.8, 4) is 5.75 Å². The zero-order valence-electron chi connectivity index (χ0n) is 16.2. The van der Waals surface area contributed by atoms with E-state index in [0.717, 1.165) is 38.0 Å². The van der Waals surface area contributed by atoms with Crippen molar-refractivity contribution in [2.75, 3.05) is 7.11 Å². The number of hydrogen-bond donors (Lipinski definition) is 0. The number of halogens is 1. The maximum Gasteiger partial charge on any atom is 0.211 e. The molecule has 0 bridgehead atoms. The Hall–Kier alpha value is -3.44. The highest BCUT2D eigenvalue weighted by Crippen LogP contribution is 2.36. The minimum atomic E-state index is -0.00575. The van der Waals surface area contributed by atoms with Crippen LogP contribution in [0.1, 0.15) is 11.3 Å². The molecule has 3 heterocycles. The number of Topliss-reactive ketones (excluding diaryl/α,β-unsaturated/α-hetero) is 1. The number of carbonyl (C=O) groups is 1. The van der Waals surface area contributed by atoms with Gasteiger partial charge in [-0.05, 0) is 63.5 Å². The van der Waals surface area contributed by atoms with Gasteiger partial charge >= 0.3 is 0 Å². The summed E-state index contributed by atoms with van der Waals surface area (Å²) in [6.45, 7) is 0. The summed E-state index contributed by atoms with van der Waals surface area (Å²) in [5.74, 6) is 0.757. The third-order valence-corrected chi connectivity index (χ3v) is 6.07. The van der Waals surface area contributed by atoms with Crippen LogP contribution in [-0.4, -0.2) is 22.8 Å². The highest BCUT2D eigenvalue weighted by atomic mass is 79.9. The molecule has 146 valence electrons. The van der Waals surface area contributed by atoms with Crippen molar-refractivity contribution in [2.24, 2.45) is 0 Å². The van der Waals surface area contributed by atoms with Crippen molar-refractivity contribution in [2.45, 2.75) is 0 Å². The van der Waals surface area contributed by atoms with Crippen molar-refractivity contribution < 1.29 is 9.53 Å². The predicted octanol–water partition coefficient (Wildman–Crippen LogP) is 5.69. The highest BCUT2D eigenvalue weighted by molar-refractivity contribution is 9.15. The molecule has 0 amide bonds. The summed E-state index contributed by atoms with van der Waals surface area (Å²) >= 11 is 3.69. The lowest BCUT2D eigenvalue weighted by Gasteiger charge is -2.17. The SMILES string of the molecule is COc1ccc(C2=CN3C=C/C(=C(\Br)c4ccc5ccccc5n4)C=C3C2=O)cc1. The molecule has 5 heteroatoms. The number of rotatable bonds is 3. The highest BCUT2D eigenvalue weighted by Gasteiger charge is 2.29. The van der Waals surface area contributed by atoms with Crippen LogP contribution in [0.25, 0.3) is 21.0 Å². The van der Waals surface area contributed by atoms with Gasteiger partial charge in [-0.1, -0.05) is 36.4 Å². The first kappa shape index (κ1) is 18.6. The molecule has 5 rings (SSSR count). The minimum Gasteiger partial charge on any atom is -0.497 e. The summed E-state index contributed by atoms with van der Waals surface area (Å²) in [6, 6.07) is 19.6. The van der Waals surface area contributed by atoms with Crippen LogP contribution in [0, 0.1) is 0 Å². The van der Waals surface area contributed by atoms with Gasteiger partial charge in [0, 0.05) is 23.4 Å². The molecule has 0 fully saturated rings. The van der Waals surface area contributed by atoms with E-state index in [1.54, 1.807) is 7.11 Å². The maximum atomic E-state index is 13.1. The molecular formula is C25H17BrN2O2. The average molecular weight is 457 g/mol. The lowest BCUT2D eigenvalue weighted by molar-refractivity contribution is -0.110. The topological polar surface area (TPSA) is 42.4 Å². The van der Waals surface area contributed by atoms with Crippen molar-refractivity contribution >= 4 is 42.7 Å². The molecule has 1 aromatic heterocycles. The third-order valence-electron chi connectivity index (χ3n) is 5.21. The summed E-state index contributed by atoms with van der Waals surface area (Å²) < 4.78 is 6.06. The van der Waals surface area contributed by atoms with Crippen LogP contribution < -0.4 is 4.74 Å². The van der Waals surface area contributed by atoms with Crippen LogP contribution in [0.3, 0.4) is 0 Å². The molecule has 0 unspecified atom stereocenters. The van der Waals surface area contributed by atoms with Crippen LogP contribution in [-0.2, 0) is 4.79 Å². The van der Waals surface area contributed by atoms with Gasteiger partial charge in [-0.15, -0.1) is 0 Å². The molecule has 4 nitrogen and oxygen atoms in total. The van der Waals surface area contributed by atoms with Gasteiger partial charge in [0.25, 0.3) is 0 Å². The number of allylic oxidation sites excluding steroid dienone is 4. The second kappa shape index (κ2) is 7.43. The average Bonchev–Trinajstić information content (AvgIpc) is 3.14. The van der Waals surface area contributed by atoms with E-state index in [2.05, 4.69) is 22.0 Å². The fourth-order valence-electron chi connectivity index (χ4n) is 3.59. The Bertz CT molecular complexity index is 1300. The van der Waals surface area contributed by atoms with Crippen LogP contribution in [0.15, 0.2) is 96.5 Å². The number of carbonyl (C=O) groups excluding carboxylic acids is 1. The van der Waals surface area contributed by atoms with Gasteiger partial charge in [0.15, 0.2) is 0 Å². The molecule has 0 spiro atoms. The quantitative estimate of drug-likeness (QED) is 0.507. The Kier molecular flexibility index (Phi) is 4.60. The Morgan fingerprint density at radius 3 is 2.63 bits per heavy atom. The number of aromatic nitrogens is 1. The molecule has 0 saturated carbocycles. The molecule has 0 atom stereocenters. The lowest BCUT2D eigenvalue weighted by atomic mass is 10.0. The number of ether oxygens (including phenoxy) is 1. The number of methoxy groups -OCH3 is 1. The Labute approximate surface area is 182 Å². The third kappa shape index (κ3) is 3.17. The second-order valence-corrected chi connectivity index (χ2v) is 7.80. The zero-order valence-corrected chi connectivity index (χ0v) is 17.8. The molecule has 0 N–H and O–H groups in total. The smallest absolute Gasteiger partial charge is 0.211 e. The number of hydrogen-bond acceptors (Lipinski definition) is 4. The van der Waals surface area contributed by atoms with E-state index in [4.69, 9.17) is 9.72 Å². The van der Waals surface area contributed by atoms with Crippen molar-refractivity contribution in [3.05, 3.63) is 108 Å². The summed E-state index contributed by atoms with van der Waals surface area (Å²) in [5.41, 5.74) is 4.81. The molecule has 0 aliphatic carbocycles. The Morgan fingerprint density at radius 2 is 1.83 bits per heavy atom. The fraction of sp³-hybridized carbons (Fsp3) is 0.0400. The number of benzene rings is 2. The van der Waals surface area contributed by atoms with E-state index >= 15 is 0 Å². The molecule has 0 saturated heterocycles. The van der Waals surface area contributed by atoms with Gasteiger partial charge in [0.05, 0.1) is 28.5 Å². The first-order valence-electron chi connectivity index (χ1n) is 9.49.